The minimum absolute atomic E-state index is 0.0448. The topological polar surface area (TPSA) is 118 Å². The van der Waals surface area contributed by atoms with Crippen LogP contribution < -0.4 is 20.7 Å². The molecular formula is C24H30N6O3. The van der Waals surface area contributed by atoms with Gasteiger partial charge in [0.25, 0.3) is 0 Å². The molecule has 2 aliphatic heterocycles. The van der Waals surface area contributed by atoms with Gasteiger partial charge in [-0.3, -0.25) is 4.79 Å². The highest BCUT2D eigenvalue weighted by Crippen LogP contribution is 2.36. The maximum Gasteiger partial charge on any atom is 0.232 e. The number of nitrogens with zero attached hydrogens (tertiary/aromatic N) is 3. The van der Waals surface area contributed by atoms with Crippen LogP contribution in [0, 0.1) is 12.3 Å². The minimum Gasteiger partial charge on any atom is -0.488 e. The summed E-state index contributed by atoms with van der Waals surface area (Å²) < 4.78 is 11.3. The van der Waals surface area contributed by atoms with Crippen LogP contribution in [-0.2, 0) is 9.53 Å². The number of rotatable bonds is 6. The molecule has 0 bridgehead atoms. The van der Waals surface area contributed by atoms with Gasteiger partial charge in [-0.25, -0.2) is 9.97 Å². The number of piperidine rings is 1. The number of amides is 1. The van der Waals surface area contributed by atoms with Crippen LogP contribution in [0.1, 0.15) is 24.8 Å². The van der Waals surface area contributed by atoms with Crippen LogP contribution in [0.2, 0.25) is 0 Å². The number of aromatic amines is 1. The lowest BCUT2D eigenvalue weighted by Gasteiger charge is -2.40. The monoisotopic (exact) mass is 450 g/mol. The minimum atomic E-state index is -0.619. The molecule has 0 saturated carbocycles. The highest BCUT2D eigenvalue weighted by molar-refractivity contribution is 5.96. The zero-order valence-corrected chi connectivity index (χ0v) is 18.8. The summed E-state index contributed by atoms with van der Waals surface area (Å²) in [6.45, 7) is 5.07. The van der Waals surface area contributed by atoms with Gasteiger partial charge in [-0.1, -0.05) is 6.07 Å². The first kappa shape index (κ1) is 21.7. The number of hydrogen-bond acceptors (Lipinski definition) is 7. The molecule has 0 unspecified atom stereocenters. The Balaban J connectivity index is 1.27. The first-order valence-corrected chi connectivity index (χ1v) is 11.5. The number of benzene rings is 1. The lowest BCUT2D eigenvalue weighted by Crippen LogP contribution is -2.50. The number of anilines is 2. The summed E-state index contributed by atoms with van der Waals surface area (Å²) in [5, 5.41) is 4.11. The maximum atomic E-state index is 13.3. The first-order chi connectivity index (χ1) is 16.1. The van der Waals surface area contributed by atoms with Crippen molar-refractivity contribution in [2.24, 2.45) is 11.1 Å². The molecule has 1 atom stereocenters. The highest BCUT2D eigenvalue weighted by Gasteiger charge is 2.41. The fourth-order valence-electron chi connectivity index (χ4n) is 4.72. The van der Waals surface area contributed by atoms with Crippen molar-refractivity contribution in [2.45, 2.75) is 32.3 Å². The number of carbonyl (C=O) groups is 1. The number of carbonyl (C=O) groups excluding carboxylic acids is 1. The van der Waals surface area contributed by atoms with Crippen LogP contribution in [-0.4, -0.2) is 59.8 Å². The smallest absolute Gasteiger partial charge is 0.232 e. The predicted octanol–water partition coefficient (Wildman–Crippen LogP) is 2.62. The van der Waals surface area contributed by atoms with E-state index in [0.717, 1.165) is 41.2 Å². The number of aryl methyl sites for hydroxylation is 1. The summed E-state index contributed by atoms with van der Waals surface area (Å²) in [6.07, 6.45) is 5.77. The number of hydrogen-bond donors (Lipinski definition) is 3. The number of fused-ring (bicyclic) bond motifs is 1. The van der Waals surface area contributed by atoms with Gasteiger partial charge in [0.05, 0.1) is 24.0 Å². The molecule has 33 heavy (non-hydrogen) atoms. The Morgan fingerprint density at radius 2 is 2.21 bits per heavy atom. The molecule has 0 radical (unpaired) electrons. The summed E-state index contributed by atoms with van der Waals surface area (Å²) in [5.74, 6) is 1.59. The Morgan fingerprint density at radius 1 is 1.36 bits per heavy atom. The van der Waals surface area contributed by atoms with Crippen molar-refractivity contribution in [3.8, 4) is 5.75 Å². The van der Waals surface area contributed by atoms with Crippen molar-refractivity contribution in [3.63, 3.8) is 0 Å². The Morgan fingerprint density at radius 3 is 2.97 bits per heavy atom. The molecule has 4 heterocycles. The number of H-pyrrole nitrogens is 1. The molecule has 9 nitrogen and oxygen atoms in total. The average Bonchev–Trinajstić information content (AvgIpc) is 3.49. The Kier molecular flexibility index (Phi) is 5.90. The first-order valence-electron chi connectivity index (χ1n) is 11.5. The van der Waals surface area contributed by atoms with Gasteiger partial charge in [0.15, 0.2) is 0 Å². The fraction of sp³-hybridized carbons (Fsp3) is 0.458. The molecule has 2 aliphatic rings. The van der Waals surface area contributed by atoms with Gasteiger partial charge < -0.3 is 30.4 Å². The normalized spacial score (nSPS) is 20.2. The third-order valence-electron chi connectivity index (χ3n) is 6.82. The molecule has 0 aliphatic carbocycles. The van der Waals surface area contributed by atoms with Crippen molar-refractivity contribution >= 4 is 28.4 Å². The lowest BCUT2D eigenvalue weighted by molar-refractivity contribution is -0.126. The van der Waals surface area contributed by atoms with Crippen molar-refractivity contribution in [1.82, 2.24) is 15.0 Å². The number of aromatic nitrogens is 3. The van der Waals surface area contributed by atoms with Gasteiger partial charge in [-0.2, -0.15) is 0 Å². The van der Waals surface area contributed by atoms with Gasteiger partial charge in [-0.05, 0) is 37.5 Å². The van der Waals surface area contributed by atoms with Gasteiger partial charge >= 0.3 is 0 Å². The molecule has 2 aromatic heterocycles. The Hall–Kier alpha value is -3.17. The Bertz CT molecular complexity index is 1130. The van der Waals surface area contributed by atoms with Crippen LogP contribution in [0.15, 0.2) is 36.8 Å². The van der Waals surface area contributed by atoms with Crippen LogP contribution in [0.4, 0.5) is 11.5 Å². The van der Waals surface area contributed by atoms with Crippen LogP contribution in [0.3, 0.4) is 0 Å². The lowest BCUT2D eigenvalue weighted by atomic mass is 9.77. The standard InChI is InChI=1S/C24H30N6O3/c1-16-12-26-21-20(16)22(28-15-27-21)30-8-6-24(14-25,7-9-30)23(31)29-17-3-2-4-18(11-17)33-19-5-10-32-13-19/h2-4,11-12,15,19H,5-10,13-14,25H2,1H3,(H,29,31)(H,26,27,28)/t19-/m1/s1. The van der Waals surface area contributed by atoms with E-state index in [-0.39, 0.29) is 12.0 Å². The Labute approximate surface area is 192 Å². The van der Waals surface area contributed by atoms with Crippen LogP contribution in [0.5, 0.6) is 5.75 Å². The molecule has 4 N–H and O–H groups in total. The third-order valence-corrected chi connectivity index (χ3v) is 6.82. The molecule has 3 aromatic rings. The SMILES string of the molecule is Cc1c[nH]c2ncnc(N3CCC(CN)(C(=O)Nc4cccc(O[C@@H]5CCOC5)c4)CC3)c12. The zero-order chi connectivity index (χ0) is 22.8. The van der Waals surface area contributed by atoms with Crippen LogP contribution >= 0.6 is 0 Å². The summed E-state index contributed by atoms with van der Waals surface area (Å²) in [7, 11) is 0. The summed E-state index contributed by atoms with van der Waals surface area (Å²) in [5.41, 5.74) is 8.20. The maximum absolute atomic E-state index is 13.3. The zero-order valence-electron chi connectivity index (χ0n) is 18.8. The quantitative estimate of drug-likeness (QED) is 0.528. The summed E-state index contributed by atoms with van der Waals surface area (Å²) in [4.78, 5) is 27.6. The second kappa shape index (κ2) is 8.99. The van der Waals surface area contributed by atoms with Crippen molar-refractivity contribution < 1.29 is 14.3 Å². The number of ether oxygens (including phenoxy) is 2. The van der Waals surface area contributed by atoms with Gasteiger partial charge in [0, 0.05) is 44.0 Å². The van der Waals surface area contributed by atoms with Crippen LogP contribution in [0.25, 0.3) is 11.0 Å². The molecule has 1 amide bonds. The second-order valence-electron chi connectivity index (χ2n) is 8.95. The van der Waals surface area contributed by atoms with E-state index in [0.29, 0.717) is 44.8 Å². The molecule has 2 saturated heterocycles. The predicted molar refractivity (Wildman–Crippen MR) is 126 cm³/mol. The summed E-state index contributed by atoms with van der Waals surface area (Å²) in [6, 6.07) is 7.53. The van der Waals surface area contributed by atoms with E-state index in [1.54, 1.807) is 6.33 Å². The molecule has 2 fully saturated rings. The summed E-state index contributed by atoms with van der Waals surface area (Å²) >= 11 is 0. The molecule has 9 heteroatoms. The second-order valence-corrected chi connectivity index (χ2v) is 8.95. The molecule has 1 aromatic carbocycles. The molecule has 174 valence electrons. The molecular weight excluding hydrogens is 420 g/mol. The van der Waals surface area contributed by atoms with E-state index in [1.807, 2.05) is 37.4 Å². The number of nitrogens with one attached hydrogen (secondary N) is 2. The van der Waals surface area contributed by atoms with Gasteiger partial charge in [0.2, 0.25) is 5.91 Å². The van der Waals surface area contributed by atoms with Crippen molar-refractivity contribution in [1.29, 1.82) is 0 Å². The molecule has 0 spiro atoms. The van der Waals surface area contributed by atoms with Crippen molar-refractivity contribution in [3.05, 3.63) is 42.4 Å². The number of nitrogens with two attached hydrogens (primary N) is 1. The molecule has 5 rings (SSSR count). The average molecular weight is 451 g/mol. The third kappa shape index (κ3) is 4.26. The van der Waals surface area contributed by atoms with E-state index < -0.39 is 5.41 Å². The van der Waals surface area contributed by atoms with E-state index in [4.69, 9.17) is 15.2 Å². The van der Waals surface area contributed by atoms with Crippen molar-refractivity contribution in [2.75, 3.05) is 43.1 Å². The van der Waals surface area contributed by atoms with E-state index in [1.165, 1.54) is 0 Å². The highest BCUT2D eigenvalue weighted by atomic mass is 16.5. The van der Waals surface area contributed by atoms with E-state index >= 15 is 0 Å². The van der Waals surface area contributed by atoms with Gasteiger partial charge in [0.1, 0.15) is 29.6 Å². The van der Waals surface area contributed by atoms with Gasteiger partial charge in [-0.15, -0.1) is 0 Å². The largest absolute Gasteiger partial charge is 0.488 e. The van der Waals surface area contributed by atoms with E-state index in [9.17, 15) is 4.79 Å². The fourth-order valence-corrected chi connectivity index (χ4v) is 4.72. The van der Waals surface area contributed by atoms with E-state index in [2.05, 4.69) is 25.2 Å².